The van der Waals surface area contributed by atoms with Crippen LogP contribution in [-0.4, -0.2) is 36.6 Å². The molecule has 0 saturated carbocycles. The van der Waals surface area contributed by atoms with Crippen LogP contribution in [0.25, 0.3) is 0 Å². The van der Waals surface area contributed by atoms with Gasteiger partial charge in [-0.2, -0.15) is 0 Å². The maximum Gasteiger partial charge on any atom is 0.0940 e. The standard InChI is InChI=1S/C16H30O3/c1-3-5-13(6-4-2)15(17)14-7-9-19-16(11-14)8-10-18-12-16/h13-15,17H,3-12H2,1-2H3. The quantitative estimate of drug-likeness (QED) is 0.806. The van der Waals surface area contributed by atoms with Gasteiger partial charge in [0.05, 0.1) is 18.3 Å². The molecule has 3 heteroatoms. The molecule has 2 saturated heterocycles. The second-order valence-electron chi connectivity index (χ2n) is 6.41. The van der Waals surface area contributed by atoms with Crippen LogP contribution in [0.5, 0.6) is 0 Å². The van der Waals surface area contributed by atoms with Gasteiger partial charge in [-0.1, -0.05) is 26.7 Å². The third-order valence-electron chi connectivity index (χ3n) is 4.88. The van der Waals surface area contributed by atoms with E-state index in [1.807, 2.05) is 0 Å². The Morgan fingerprint density at radius 3 is 2.53 bits per heavy atom. The minimum Gasteiger partial charge on any atom is -0.393 e. The van der Waals surface area contributed by atoms with Crippen molar-refractivity contribution >= 4 is 0 Å². The molecule has 0 aromatic rings. The van der Waals surface area contributed by atoms with Crippen molar-refractivity contribution in [3.63, 3.8) is 0 Å². The Balaban J connectivity index is 1.94. The normalized spacial score (nSPS) is 33.2. The molecule has 0 aliphatic carbocycles. The average Bonchev–Trinajstić information content (AvgIpc) is 2.86. The maximum absolute atomic E-state index is 10.7. The fourth-order valence-corrected chi connectivity index (χ4v) is 3.83. The molecule has 0 bridgehead atoms. The summed E-state index contributed by atoms with van der Waals surface area (Å²) in [6, 6.07) is 0. The van der Waals surface area contributed by atoms with Crippen molar-refractivity contribution in [2.24, 2.45) is 11.8 Å². The van der Waals surface area contributed by atoms with Crippen molar-refractivity contribution in [1.29, 1.82) is 0 Å². The van der Waals surface area contributed by atoms with E-state index in [1.54, 1.807) is 0 Å². The Hall–Kier alpha value is -0.120. The van der Waals surface area contributed by atoms with Gasteiger partial charge < -0.3 is 14.6 Å². The molecule has 2 rings (SSSR count). The number of rotatable bonds is 6. The van der Waals surface area contributed by atoms with Crippen molar-refractivity contribution in [2.45, 2.75) is 70.5 Å². The highest BCUT2D eigenvalue weighted by Crippen LogP contribution is 2.39. The number of aliphatic hydroxyl groups excluding tert-OH is 1. The van der Waals surface area contributed by atoms with Crippen molar-refractivity contribution in [3.05, 3.63) is 0 Å². The van der Waals surface area contributed by atoms with Crippen molar-refractivity contribution in [1.82, 2.24) is 0 Å². The van der Waals surface area contributed by atoms with E-state index < -0.39 is 0 Å². The lowest BCUT2D eigenvalue weighted by Gasteiger charge is -2.41. The Kier molecular flexibility index (Phi) is 5.67. The first kappa shape index (κ1) is 15.3. The van der Waals surface area contributed by atoms with Crippen molar-refractivity contribution in [2.75, 3.05) is 19.8 Å². The zero-order chi connectivity index (χ0) is 13.7. The monoisotopic (exact) mass is 270 g/mol. The second-order valence-corrected chi connectivity index (χ2v) is 6.41. The van der Waals surface area contributed by atoms with E-state index in [1.165, 1.54) is 12.8 Å². The summed E-state index contributed by atoms with van der Waals surface area (Å²) in [5, 5.41) is 10.7. The first-order valence-corrected chi connectivity index (χ1v) is 8.10. The minimum atomic E-state index is -0.152. The van der Waals surface area contributed by atoms with Gasteiger partial charge in [-0.25, -0.2) is 0 Å². The Morgan fingerprint density at radius 2 is 1.95 bits per heavy atom. The average molecular weight is 270 g/mol. The number of hydrogen-bond acceptors (Lipinski definition) is 3. The van der Waals surface area contributed by atoms with Crippen LogP contribution in [0.3, 0.4) is 0 Å². The first-order valence-electron chi connectivity index (χ1n) is 8.10. The van der Waals surface area contributed by atoms with Crippen LogP contribution < -0.4 is 0 Å². The molecule has 0 aromatic heterocycles. The molecule has 19 heavy (non-hydrogen) atoms. The van der Waals surface area contributed by atoms with Crippen LogP contribution in [0.4, 0.5) is 0 Å². The van der Waals surface area contributed by atoms with E-state index in [4.69, 9.17) is 9.47 Å². The third kappa shape index (κ3) is 3.71. The van der Waals surface area contributed by atoms with Crippen LogP contribution in [-0.2, 0) is 9.47 Å². The summed E-state index contributed by atoms with van der Waals surface area (Å²) in [5.41, 5.74) is -0.0765. The first-order chi connectivity index (χ1) is 9.21. The lowest BCUT2D eigenvalue weighted by atomic mass is 9.76. The van der Waals surface area contributed by atoms with Crippen LogP contribution in [0.1, 0.15) is 58.8 Å². The number of aliphatic hydroxyl groups is 1. The minimum absolute atomic E-state index is 0.0765. The van der Waals surface area contributed by atoms with Crippen molar-refractivity contribution in [3.8, 4) is 0 Å². The summed E-state index contributed by atoms with van der Waals surface area (Å²) >= 11 is 0. The fraction of sp³-hybridized carbons (Fsp3) is 1.00. The van der Waals surface area contributed by atoms with Gasteiger partial charge >= 0.3 is 0 Å². The molecule has 3 unspecified atom stereocenters. The summed E-state index contributed by atoms with van der Waals surface area (Å²) in [6.45, 7) is 6.76. The predicted octanol–water partition coefficient (Wildman–Crippen LogP) is 3.15. The summed E-state index contributed by atoms with van der Waals surface area (Å²) < 4.78 is 11.5. The van der Waals surface area contributed by atoms with E-state index in [0.717, 1.165) is 51.9 Å². The lowest BCUT2D eigenvalue weighted by Crippen LogP contribution is -2.45. The zero-order valence-electron chi connectivity index (χ0n) is 12.6. The molecule has 1 N–H and O–H groups in total. The largest absolute Gasteiger partial charge is 0.393 e. The van der Waals surface area contributed by atoms with Gasteiger partial charge in [-0.3, -0.25) is 0 Å². The molecule has 2 aliphatic heterocycles. The van der Waals surface area contributed by atoms with Gasteiger partial charge in [-0.05, 0) is 37.5 Å². The van der Waals surface area contributed by atoms with E-state index in [9.17, 15) is 5.11 Å². The molecule has 2 heterocycles. The maximum atomic E-state index is 10.7. The number of ether oxygens (including phenoxy) is 2. The SMILES string of the molecule is CCCC(CCC)C(O)C1CCOC2(CCOC2)C1. The highest BCUT2D eigenvalue weighted by Gasteiger charge is 2.43. The van der Waals surface area contributed by atoms with Crippen molar-refractivity contribution < 1.29 is 14.6 Å². The number of hydrogen-bond donors (Lipinski definition) is 1. The topological polar surface area (TPSA) is 38.7 Å². The molecule has 2 aliphatic rings. The summed E-state index contributed by atoms with van der Waals surface area (Å²) in [7, 11) is 0. The molecule has 112 valence electrons. The molecule has 0 aromatic carbocycles. The van der Waals surface area contributed by atoms with E-state index >= 15 is 0 Å². The van der Waals surface area contributed by atoms with Gasteiger partial charge in [0.15, 0.2) is 0 Å². The van der Waals surface area contributed by atoms with Crippen LogP contribution in [0, 0.1) is 11.8 Å². The Morgan fingerprint density at radius 1 is 1.21 bits per heavy atom. The predicted molar refractivity (Wildman–Crippen MR) is 76.2 cm³/mol. The smallest absolute Gasteiger partial charge is 0.0940 e. The summed E-state index contributed by atoms with van der Waals surface area (Å²) in [5.74, 6) is 0.871. The molecular formula is C16H30O3. The molecular weight excluding hydrogens is 240 g/mol. The second kappa shape index (κ2) is 7.05. The van der Waals surface area contributed by atoms with Crippen LogP contribution in [0.15, 0.2) is 0 Å². The van der Waals surface area contributed by atoms with Gasteiger partial charge in [-0.15, -0.1) is 0 Å². The van der Waals surface area contributed by atoms with E-state index in [2.05, 4.69) is 13.8 Å². The van der Waals surface area contributed by atoms with Gasteiger partial charge in [0.25, 0.3) is 0 Å². The molecule has 1 spiro atoms. The highest BCUT2D eigenvalue weighted by molar-refractivity contribution is 4.93. The summed E-state index contributed by atoms with van der Waals surface area (Å²) in [6.07, 6.45) is 7.47. The third-order valence-corrected chi connectivity index (χ3v) is 4.88. The Labute approximate surface area is 117 Å². The lowest BCUT2D eigenvalue weighted by molar-refractivity contribution is -0.124. The zero-order valence-corrected chi connectivity index (χ0v) is 12.6. The van der Waals surface area contributed by atoms with E-state index in [0.29, 0.717) is 11.8 Å². The molecule has 0 amide bonds. The van der Waals surface area contributed by atoms with Crippen LogP contribution in [0.2, 0.25) is 0 Å². The highest BCUT2D eigenvalue weighted by atomic mass is 16.6. The summed E-state index contributed by atoms with van der Waals surface area (Å²) in [4.78, 5) is 0. The Bertz CT molecular complexity index is 255. The molecule has 0 radical (unpaired) electrons. The van der Waals surface area contributed by atoms with Gasteiger partial charge in [0, 0.05) is 19.6 Å². The molecule has 3 nitrogen and oxygen atoms in total. The van der Waals surface area contributed by atoms with Gasteiger partial charge in [0.1, 0.15) is 0 Å². The van der Waals surface area contributed by atoms with Crippen LogP contribution >= 0.6 is 0 Å². The molecule has 3 atom stereocenters. The molecule has 2 fully saturated rings. The van der Waals surface area contributed by atoms with E-state index in [-0.39, 0.29) is 11.7 Å². The van der Waals surface area contributed by atoms with Gasteiger partial charge in [0.2, 0.25) is 0 Å². The fourth-order valence-electron chi connectivity index (χ4n) is 3.83.